The van der Waals surface area contributed by atoms with Crippen LogP contribution in [0.1, 0.15) is 0 Å². The molecule has 15 heavy (non-hydrogen) atoms. The van der Waals surface area contributed by atoms with Gasteiger partial charge in [0.15, 0.2) is 0 Å². The molecule has 0 aliphatic carbocycles. The molecule has 0 N–H and O–H groups in total. The van der Waals surface area contributed by atoms with Crippen molar-refractivity contribution >= 4 is 17.3 Å². The maximum atomic E-state index is 7.12. The highest BCUT2D eigenvalue weighted by Crippen LogP contribution is 2.35. The van der Waals surface area contributed by atoms with Gasteiger partial charge in [-0.15, -0.1) is 0 Å². The van der Waals surface area contributed by atoms with Crippen molar-refractivity contribution < 1.29 is 0 Å². The predicted molar refractivity (Wildman–Crippen MR) is 63.2 cm³/mol. The Morgan fingerprint density at radius 2 is 1.67 bits per heavy atom. The summed E-state index contributed by atoms with van der Waals surface area (Å²) in [6.07, 6.45) is 0. The van der Waals surface area contributed by atoms with E-state index in [-0.39, 0.29) is 0 Å². The lowest BCUT2D eigenvalue weighted by Crippen LogP contribution is -1.77. The first-order valence-corrected chi connectivity index (χ1v) is 4.92. The summed E-state index contributed by atoms with van der Waals surface area (Å²) >= 11 is 5.97. The largest absolute Gasteiger partial charge is 0.236 e. The molecule has 0 amide bonds. The van der Waals surface area contributed by atoms with Gasteiger partial charge in [-0.2, -0.15) is 0 Å². The molecule has 2 aromatic rings. The van der Waals surface area contributed by atoms with E-state index < -0.39 is 0 Å². The Labute approximate surface area is 93.8 Å². The van der Waals surface area contributed by atoms with Crippen molar-refractivity contribution in [3.05, 3.63) is 65.0 Å². The fourth-order valence-electron chi connectivity index (χ4n) is 1.48. The lowest BCUT2D eigenvalue weighted by molar-refractivity contribution is 1.62. The Morgan fingerprint density at radius 3 is 2.33 bits per heavy atom. The second-order valence-corrected chi connectivity index (χ2v) is 3.52. The van der Waals surface area contributed by atoms with Crippen LogP contribution >= 0.6 is 11.6 Å². The molecule has 0 atom stereocenters. The number of benzene rings is 2. The molecule has 0 spiro atoms. The molecule has 0 aliphatic rings. The molecule has 1 nitrogen and oxygen atoms in total. The second-order valence-electron chi connectivity index (χ2n) is 3.11. The lowest BCUT2D eigenvalue weighted by Gasteiger charge is -2.04. The van der Waals surface area contributed by atoms with Gasteiger partial charge in [-0.3, -0.25) is 0 Å². The van der Waals surface area contributed by atoms with E-state index in [1.54, 1.807) is 6.07 Å². The molecule has 0 heterocycles. The van der Waals surface area contributed by atoms with E-state index in [1.807, 2.05) is 42.5 Å². The second kappa shape index (κ2) is 4.16. The zero-order chi connectivity index (χ0) is 10.7. The molecule has 0 unspecified atom stereocenters. The van der Waals surface area contributed by atoms with Crippen LogP contribution in [-0.2, 0) is 0 Å². The van der Waals surface area contributed by atoms with Gasteiger partial charge in [0.25, 0.3) is 0 Å². The number of nitrogens with zero attached hydrogens (tertiary/aromatic N) is 1. The van der Waals surface area contributed by atoms with Crippen LogP contribution in [0.5, 0.6) is 0 Å². The molecular weight excluding hydrogens is 206 g/mol. The highest BCUT2D eigenvalue weighted by Gasteiger charge is 2.07. The minimum absolute atomic E-state index is 0.506. The van der Waals surface area contributed by atoms with E-state index in [4.69, 9.17) is 18.2 Å². The third-order valence-corrected chi connectivity index (χ3v) is 2.49. The van der Waals surface area contributed by atoms with Crippen LogP contribution in [0, 0.1) is 6.57 Å². The van der Waals surface area contributed by atoms with Crippen molar-refractivity contribution in [2.45, 2.75) is 0 Å². The van der Waals surface area contributed by atoms with Crippen molar-refractivity contribution in [2.24, 2.45) is 0 Å². The zero-order valence-corrected chi connectivity index (χ0v) is 8.70. The molecule has 2 rings (SSSR count). The van der Waals surface area contributed by atoms with Gasteiger partial charge in [0, 0.05) is 5.02 Å². The first kappa shape index (κ1) is 9.76. The molecule has 0 fully saturated rings. The van der Waals surface area contributed by atoms with Crippen LogP contribution in [0.4, 0.5) is 5.69 Å². The first-order chi connectivity index (χ1) is 7.33. The third-order valence-electron chi connectivity index (χ3n) is 2.18. The first-order valence-electron chi connectivity index (χ1n) is 4.54. The van der Waals surface area contributed by atoms with Crippen molar-refractivity contribution in [3.8, 4) is 11.1 Å². The Morgan fingerprint density at radius 1 is 0.933 bits per heavy atom. The van der Waals surface area contributed by atoms with Gasteiger partial charge in [0.05, 0.1) is 6.57 Å². The van der Waals surface area contributed by atoms with Crippen molar-refractivity contribution in [3.63, 3.8) is 0 Å². The van der Waals surface area contributed by atoms with Gasteiger partial charge in [-0.25, -0.2) is 4.85 Å². The number of hydrogen-bond acceptors (Lipinski definition) is 0. The molecule has 72 valence electrons. The number of hydrogen-bond donors (Lipinski definition) is 0. The van der Waals surface area contributed by atoms with Crippen molar-refractivity contribution in [2.75, 3.05) is 0 Å². The summed E-state index contributed by atoms with van der Waals surface area (Å²) in [5.41, 5.74) is 2.43. The summed E-state index contributed by atoms with van der Waals surface area (Å²) in [4.78, 5) is 3.46. The highest BCUT2D eigenvalue weighted by atomic mass is 35.5. The van der Waals surface area contributed by atoms with Crippen molar-refractivity contribution in [1.82, 2.24) is 0 Å². The number of para-hydroxylation sites is 1. The summed E-state index contributed by atoms with van der Waals surface area (Å²) < 4.78 is 0. The SMILES string of the molecule is [C-]#[N+]c1c(Cl)cccc1-c1ccccc1. The molecular formula is C13H8ClN. The summed E-state index contributed by atoms with van der Waals surface area (Å²) in [5.74, 6) is 0. The molecule has 2 aromatic carbocycles. The molecule has 0 saturated carbocycles. The van der Waals surface area contributed by atoms with Gasteiger partial charge in [0.1, 0.15) is 0 Å². The minimum atomic E-state index is 0.506. The Hall–Kier alpha value is -1.78. The van der Waals surface area contributed by atoms with E-state index in [9.17, 15) is 0 Å². The number of rotatable bonds is 1. The quantitative estimate of drug-likeness (QED) is 0.612. The monoisotopic (exact) mass is 213 g/mol. The van der Waals surface area contributed by atoms with Crippen LogP contribution in [0.25, 0.3) is 16.0 Å². The minimum Gasteiger partial charge on any atom is -0.236 e. The van der Waals surface area contributed by atoms with E-state index in [0.29, 0.717) is 10.7 Å². The standard InChI is InChI=1S/C13H8ClN/c1-15-13-11(8-5-9-12(13)14)10-6-3-2-4-7-10/h2-9H. The molecule has 0 radical (unpaired) electrons. The maximum Gasteiger partial charge on any atom is 0.213 e. The Bertz CT molecular complexity index is 512. The molecule has 0 bridgehead atoms. The van der Waals surface area contributed by atoms with E-state index in [2.05, 4.69) is 4.85 Å². The highest BCUT2D eigenvalue weighted by molar-refractivity contribution is 6.34. The van der Waals surface area contributed by atoms with Gasteiger partial charge in [-0.05, 0) is 11.1 Å². The zero-order valence-electron chi connectivity index (χ0n) is 7.94. The summed E-state index contributed by atoms with van der Waals surface area (Å²) in [6, 6.07) is 15.3. The van der Waals surface area contributed by atoms with E-state index in [1.165, 1.54) is 0 Å². The van der Waals surface area contributed by atoms with Gasteiger partial charge in [0.2, 0.25) is 5.69 Å². The topological polar surface area (TPSA) is 4.36 Å². The van der Waals surface area contributed by atoms with E-state index in [0.717, 1.165) is 11.1 Å². The average molecular weight is 214 g/mol. The summed E-state index contributed by atoms with van der Waals surface area (Å²) in [7, 11) is 0. The number of halogens is 1. The van der Waals surface area contributed by atoms with Crippen LogP contribution < -0.4 is 0 Å². The normalized spacial score (nSPS) is 9.60. The summed E-state index contributed by atoms with van der Waals surface area (Å²) in [6.45, 7) is 7.12. The average Bonchev–Trinajstić information content (AvgIpc) is 2.30. The molecule has 0 saturated heterocycles. The van der Waals surface area contributed by atoms with Crippen LogP contribution in [0.3, 0.4) is 0 Å². The Balaban J connectivity index is 2.65. The molecule has 0 aromatic heterocycles. The molecule has 2 heteroatoms. The van der Waals surface area contributed by atoms with Crippen molar-refractivity contribution in [1.29, 1.82) is 0 Å². The van der Waals surface area contributed by atoms with E-state index >= 15 is 0 Å². The van der Waals surface area contributed by atoms with Gasteiger partial charge >= 0.3 is 0 Å². The van der Waals surface area contributed by atoms with Gasteiger partial charge in [-0.1, -0.05) is 60.1 Å². The van der Waals surface area contributed by atoms with Crippen LogP contribution in [0.15, 0.2) is 48.5 Å². The lowest BCUT2D eigenvalue weighted by atomic mass is 10.0. The molecule has 0 aliphatic heterocycles. The van der Waals surface area contributed by atoms with Gasteiger partial charge < -0.3 is 0 Å². The third kappa shape index (κ3) is 1.86. The fourth-order valence-corrected chi connectivity index (χ4v) is 1.70. The maximum absolute atomic E-state index is 7.12. The van der Waals surface area contributed by atoms with Crippen LogP contribution in [0.2, 0.25) is 5.02 Å². The summed E-state index contributed by atoms with van der Waals surface area (Å²) in [5, 5.41) is 0.506. The Kier molecular flexibility index (Phi) is 2.71. The predicted octanol–water partition coefficient (Wildman–Crippen LogP) is 4.56. The van der Waals surface area contributed by atoms with Crippen LogP contribution in [-0.4, -0.2) is 0 Å². The smallest absolute Gasteiger partial charge is 0.213 e. The fraction of sp³-hybridized carbons (Fsp3) is 0.